The lowest BCUT2D eigenvalue weighted by Gasteiger charge is -2.41. The molecule has 19 rings (SSSR count). The van der Waals surface area contributed by atoms with Crippen LogP contribution in [-0.4, -0.2) is 0 Å². The average Bonchev–Trinajstić information content (AvgIpc) is 1.49. The quantitative estimate of drug-likeness (QED) is 0.165. The van der Waals surface area contributed by atoms with Crippen molar-refractivity contribution in [3.8, 4) is 33.4 Å². The maximum absolute atomic E-state index is 2.76. The molecule has 88 heavy (non-hydrogen) atoms. The molecule has 5 aliphatic carbocycles. The molecule has 0 saturated heterocycles. The van der Waals surface area contributed by atoms with Crippen molar-refractivity contribution >= 4 is 64.6 Å². The monoisotopic (exact) mass is 1130 g/mol. The molecule has 0 nitrogen and oxygen atoms in total. The first-order chi connectivity index (χ1) is 42.7. The molecule has 1 saturated carbocycles. The molecule has 0 heteroatoms. The standard InChI is InChI=1S/C88H72/c1-85(2)67-37-19-15-29-51(67)63-45-65-73(47-71(63)85)87(5,6)69-39-21-17-31-57(69)77(65)55-41-43-61-79-53(55)33-23-35-59(79)81-75(49-25-11-9-12-26-49)84-62-44-42-56(54-34-24-36-60(80(54)62)82(84)76(83(61)81)50-27-13-10-14-28-50)78-58-32-18-22-40-70(58)88(7,8)74-48-72-64(46-66(74)78)52-30-16-20-38-68(52)86(72,3)4/h9-15,17-19,21-29,31-37,39-48,52,68,77-78H,16,20,30,38H2,1-8H3. The van der Waals surface area contributed by atoms with Crippen LogP contribution in [0.4, 0.5) is 0 Å². The second kappa shape index (κ2) is 17.5. The first-order valence-corrected chi connectivity index (χ1v) is 32.9. The third-order valence-electron chi connectivity index (χ3n) is 24.1. The van der Waals surface area contributed by atoms with Gasteiger partial charge in [0.2, 0.25) is 0 Å². The fraction of sp³-hybridized carbons (Fsp3) is 0.227. The molecule has 0 N–H and O–H groups in total. The Morgan fingerprint density at radius 2 is 0.705 bits per heavy atom. The fourth-order valence-corrected chi connectivity index (χ4v) is 20.1. The summed E-state index contributed by atoms with van der Waals surface area (Å²) in [4.78, 5) is 0. The van der Waals surface area contributed by atoms with Gasteiger partial charge in [-0.15, -0.1) is 0 Å². The van der Waals surface area contributed by atoms with Crippen LogP contribution in [0.2, 0.25) is 0 Å². The molecule has 4 unspecified atom stereocenters. The van der Waals surface area contributed by atoms with Gasteiger partial charge in [0.15, 0.2) is 0 Å². The average molecular weight is 1130 g/mol. The summed E-state index contributed by atoms with van der Waals surface area (Å²) in [5, 5.41) is 16.2. The first-order valence-electron chi connectivity index (χ1n) is 32.9. The third-order valence-corrected chi connectivity index (χ3v) is 24.1. The minimum absolute atomic E-state index is 0.0328. The molecular weight excluding hydrogens is 1060 g/mol. The number of benzene rings is 12. The molecule has 14 aromatic rings. The van der Waals surface area contributed by atoms with Crippen molar-refractivity contribution in [3.05, 3.63) is 296 Å². The SMILES string of the molecule is CC1(C)c2ccccc2-c2cc3c(cc21)C(C)(C)c1ccccc1C3c1ccc2c3c(-c4ccccc4)c4c5cccc6c(C7c8ccccc8C(C)(C)c8cc9c(cc87)C7CCCCC7C9(C)C)ccc(c4c(-c4ccccc4)c3c3cccc1c23)c65. The molecule has 5 aliphatic rings. The van der Waals surface area contributed by atoms with Crippen LogP contribution in [0.1, 0.15) is 177 Å². The van der Waals surface area contributed by atoms with E-state index in [-0.39, 0.29) is 33.5 Å². The van der Waals surface area contributed by atoms with Crippen LogP contribution in [0.5, 0.6) is 0 Å². The predicted molar refractivity (Wildman–Crippen MR) is 372 cm³/mol. The smallest absolute Gasteiger partial charge is 0.0352 e. The maximum atomic E-state index is 2.76. The summed E-state index contributed by atoms with van der Waals surface area (Å²) in [6, 6.07) is 86.5. The van der Waals surface area contributed by atoms with E-state index in [0.717, 1.165) is 0 Å². The molecule has 1 fully saturated rings. The highest BCUT2D eigenvalue weighted by Gasteiger charge is 2.50. The number of fused-ring (bicyclic) bond motifs is 16. The van der Waals surface area contributed by atoms with Crippen molar-refractivity contribution in [2.45, 2.75) is 120 Å². The van der Waals surface area contributed by atoms with Gasteiger partial charge in [-0.05, 0) is 212 Å². The Morgan fingerprint density at radius 3 is 1.25 bits per heavy atom. The van der Waals surface area contributed by atoms with Crippen LogP contribution in [0.15, 0.2) is 218 Å². The van der Waals surface area contributed by atoms with E-state index in [0.29, 0.717) is 11.8 Å². The molecule has 0 bridgehead atoms. The summed E-state index contributed by atoms with van der Waals surface area (Å²) in [6.07, 6.45) is 5.33. The zero-order valence-corrected chi connectivity index (χ0v) is 51.9. The zero-order chi connectivity index (χ0) is 59.1. The Kier molecular flexibility index (Phi) is 10.2. The number of hydrogen-bond donors (Lipinski definition) is 0. The molecular formula is C88H72. The van der Waals surface area contributed by atoms with Crippen molar-refractivity contribution in [3.63, 3.8) is 0 Å². The molecule has 0 amide bonds. The van der Waals surface area contributed by atoms with Crippen LogP contribution < -0.4 is 0 Å². The Balaban J connectivity index is 0.908. The Morgan fingerprint density at radius 1 is 0.273 bits per heavy atom. The summed E-state index contributed by atoms with van der Waals surface area (Å²) in [5.41, 5.74) is 28.2. The van der Waals surface area contributed by atoms with E-state index in [1.165, 1.54) is 190 Å². The van der Waals surface area contributed by atoms with E-state index >= 15 is 0 Å². The second-order valence-corrected chi connectivity index (χ2v) is 29.5. The van der Waals surface area contributed by atoms with Gasteiger partial charge < -0.3 is 0 Å². The molecule has 0 radical (unpaired) electrons. The highest BCUT2D eigenvalue weighted by atomic mass is 14.5. The van der Waals surface area contributed by atoms with Gasteiger partial charge in [-0.3, -0.25) is 0 Å². The second-order valence-electron chi connectivity index (χ2n) is 29.5. The van der Waals surface area contributed by atoms with Gasteiger partial charge in [0, 0.05) is 28.1 Å². The summed E-state index contributed by atoms with van der Waals surface area (Å²) in [7, 11) is 0. The minimum atomic E-state index is -0.193. The van der Waals surface area contributed by atoms with E-state index in [2.05, 4.69) is 274 Å². The van der Waals surface area contributed by atoms with Gasteiger partial charge in [-0.2, -0.15) is 0 Å². The van der Waals surface area contributed by atoms with Crippen molar-refractivity contribution < 1.29 is 0 Å². The third kappa shape index (κ3) is 6.37. The van der Waals surface area contributed by atoms with Gasteiger partial charge in [0.25, 0.3) is 0 Å². The predicted octanol–water partition coefficient (Wildman–Crippen LogP) is 23.3. The van der Waals surface area contributed by atoms with E-state index in [1.807, 2.05) is 0 Å². The summed E-state index contributed by atoms with van der Waals surface area (Å²) in [5.74, 6) is 1.45. The number of rotatable bonds is 4. The molecule has 0 spiro atoms. The van der Waals surface area contributed by atoms with Crippen molar-refractivity contribution in [1.82, 2.24) is 0 Å². The van der Waals surface area contributed by atoms with Crippen LogP contribution in [0.25, 0.3) is 98.0 Å². The minimum Gasteiger partial charge on any atom is -0.0622 e. The van der Waals surface area contributed by atoms with Gasteiger partial charge in [-0.25, -0.2) is 0 Å². The summed E-state index contributed by atoms with van der Waals surface area (Å²) >= 11 is 0. The normalized spacial score (nSPS) is 20.5. The van der Waals surface area contributed by atoms with Crippen LogP contribution in [0, 0.1) is 5.92 Å². The number of hydrogen-bond acceptors (Lipinski definition) is 0. The zero-order valence-electron chi connectivity index (χ0n) is 51.9. The van der Waals surface area contributed by atoms with E-state index in [9.17, 15) is 0 Å². The largest absolute Gasteiger partial charge is 0.0622 e. The lowest BCUT2D eigenvalue weighted by atomic mass is 9.62. The maximum Gasteiger partial charge on any atom is 0.0352 e. The summed E-state index contributed by atoms with van der Waals surface area (Å²) < 4.78 is 0. The lowest BCUT2D eigenvalue weighted by Crippen LogP contribution is -2.31. The van der Waals surface area contributed by atoms with Crippen LogP contribution >= 0.6 is 0 Å². The van der Waals surface area contributed by atoms with Crippen LogP contribution in [-0.2, 0) is 21.7 Å². The molecule has 0 aromatic heterocycles. The van der Waals surface area contributed by atoms with E-state index in [1.54, 1.807) is 11.1 Å². The van der Waals surface area contributed by atoms with Gasteiger partial charge in [0.1, 0.15) is 0 Å². The first kappa shape index (κ1) is 51.2. The Hall–Kier alpha value is -8.84. The van der Waals surface area contributed by atoms with Crippen molar-refractivity contribution in [2.75, 3.05) is 0 Å². The highest BCUT2D eigenvalue weighted by Crippen LogP contribution is 2.63. The van der Waals surface area contributed by atoms with E-state index in [4.69, 9.17) is 0 Å². The fourth-order valence-electron chi connectivity index (χ4n) is 20.1. The van der Waals surface area contributed by atoms with Crippen LogP contribution in [0.3, 0.4) is 0 Å². The summed E-state index contributed by atoms with van der Waals surface area (Å²) in [6.45, 7) is 19.9. The Labute approximate surface area is 517 Å². The molecule has 0 aliphatic heterocycles. The van der Waals surface area contributed by atoms with Gasteiger partial charge in [-0.1, -0.05) is 281 Å². The molecule has 14 aromatic carbocycles. The molecule has 4 atom stereocenters. The van der Waals surface area contributed by atoms with Gasteiger partial charge >= 0.3 is 0 Å². The highest BCUT2D eigenvalue weighted by molar-refractivity contribution is 6.46. The Bertz CT molecular complexity index is 5240. The van der Waals surface area contributed by atoms with E-state index < -0.39 is 0 Å². The topological polar surface area (TPSA) is 0 Å². The van der Waals surface area contributed by atoms with Crippen molar-refractivity contribution in [1.29, 1.82) is 0 Å². The van der Waals surface area contributed by atoms with Gasteiger partial charge in [0.05, 0.1) is 0 Å². The molecule has 424 valence electrons. The molecule has 0 heterocycles. The van der Waals surface area contributed by atoms with Crippen molar-refractivity contribution in [2.24, 2.45) is 5.92 Å². The lowest BCUT2D eigenvalue weighted by molar-refractivity contribution is 0.233.